The summed E-state index contributed by atoms with van der Waals surface area (Å²) in [5.74, 6) is -0.622. The Morgan fingerprint density at radius 2 is 1.82 bits per heavy atom. The number of fused-ring (bicyclic) bond motifs is 3. The first-order valence-corrected chi connectivity index (χ1v) is 6.75. The van der Waals surface area contributed by atoms with Crippen LogP contribution in [0.3, 0.4) is 0 Å². The number of hydrogen-bond acceptors (Lipinski definition) is 3. The molecule has 2 heterocycles. The maximum atomic E-state index is 14.3. The molecule has 0 unspecified atom stereocenters. The van der Waals surface area contributed by atoms with Gasteiger partial charge in [0.1, 0.15) is 11.7 Å². The van der Waals surface area contributed by atoms with Crippen molar-refractivity contribution in [1.82, 2.24) is 4.98 Å². The van der Waals surface area contributed by atoms with Crippen LogP contribution in [0.1, 0.15) is 5.56 Å². The van der Waals surface area contributed by atoms with Crippen molar-refractivity contribution in [3.63, 3.8) is 0 Å². The summed E-state index contributed by atoms with van der Waals surface area (Å²) in [6.07, 6.45) is 1.70. The van der Waals surface area contributed by atoms with Crippen molar-refractivity contribution < 1.29 is 8.81 Å². The molecule has 4 rings (SSSR count). The second kappa shape index (κ2) is 4.68. The molecule has 0 saturated heterocycles. The Kier molecular flexibility index (Phi) is 2.67. The summed E-state index contributed by atoms with van der Waals surface area (Å²) in [5.41, 5.74) is 2.22. The zero-order valence-corrected chi connectivity index (χ0v) is 11.4. The lowest BCUT2D eigenvalue weighted by molar-refractivity contribution is 0.582. The van der Waals surface area contributed by atoms with Gasteiger partial charge in [0.15, 0.2) is 11.4 Å². The van der Waals surface area contributed by atoms with Crippen molar-refractivity contribution >= 4 is 21.9 Å². The van der Waals surface area contributed by atoms with Gasteiger partial charge in [-0.1, -0.05) is 18.2 Å². The molecule has 104 valence electrons. The Bertz CT molecular complexity index is 1050. The topological polar surface area (TPSA) is 49.8 Å². The number of benzene rings is 2. The van der Waals surface area contributed by atoms with Crippen LogP contribution in [0, 0.1) is 17.1 Å². The van der Waals surface area contributed by atoms with Crippen LogP contribution >= 0.6 is 0 Å². The van der Waals surface area contributed by atoms with Crippen LogP contribution in [0.4, 0.5) is 4.39 Å². The lowest BCUT2D eigenvalue weighted by Crippen LogP contribution is -1.82. The van der Waals surface area contributed by atoms with E-state index in [-0.39, 0.29) is 11.1 Å². The minimum absolute atomic E-state index is 0.0223. The third kappa shape index (κ3) is 1.69. The summed E-state index contributed by atoms with van der Waals surface area (Å²) in [4.78, 5) is 4.32. The molecule has 4 heteroatoms. The van der Waals surface area contributed by atoms with Gasteiger partial charge in [0, 0.05) is 22.5 Å². The molecule has 4 aromatic rings. The number of nitriles is 1. The molecule has 0 aliphatic carbocycles. The van der Waals surface area contributed by atoms with Gasteiger partial charge in [-0.05, 0) is 30.3 Å². The lowest BCUT2D eigenvalue weighted by Gasteiger charge is -2.00. The van der Waals surface area contributed by atoms with Crippen molar-refractivity contribution in [3.05, 3.63) is 66.1 Å². The molecule has 0 radical (unpaired) electrons. The van der Waals surface area contributed by atoms with Gasteiger partial charge in [0.05, 0.1) is 11.3 Å². The summed E-state index contributed by atoms with van der Waals surface area (Å²) < 4.78 is 20.1. The normalized spacial score (nSPS) is 10.9. The molecule has 0 spiro atoms. The van der Waals surface area contributed by atoms with Crippen LogP contribution in [-0.2, 0) is 0 Å². The summed E-state index contributed by atoms with van der Waals surface area (Å²) in [6, 6.07) is 16.3. The second-order valence-electron chi connectivity index (χ2n) is 4.91. The van der Waals surface area contributed by atoms with E-state index in [2.05, 4.69) is 4.98 Å². The van der Waals surface area contributed by atoms with E-state index < -0.39 is 5.82 Å². The Morgan fingerprint density at radius 3 is 2.59 bits per heavy atom. The Hall–Kier alpha value is -3.19. The molecule has 0 aliphatic rings. The van der Waals surface area contributed by atoms with Crippen LogP contribution < -0.4 is 0 Å². The average Bonchev–Trinajstić information content (AvgIpc) is 2.96. The first-order valence-electron chi connectivity index (χ1n) is 6.75. The molecule has 22 heavy (non-hydrogen) atoms. The Morgan fingerprint density at radius 1 is 0.955 bits per heavy atom. The average molecular weight is 288 g/mol. The van der Waals surface area contributed by atoms with Gasteiger partial charge in [-0.3, -0.25) is 4.98 Å². The summed E-state index contributed by atoms with van der Waals surface area (Å²) in [7, 11) is 0. The fraction of sp³-hybridized carbons (Fsp3) is 0. The second-order valence-corrected chi connectivity index (χ2v) is 4.91. The van der Waals surface area contributed by atoms with Crippen molar-refractivity contribution in [1.29, 1.82) is 5.26 Å². The molecule has 0 bridgehead atoms. The molecule has 2 aromatic heterocycles. The molecule has 0 N–H and O–H groups in total. The van der Waals surface area contributed by atoms with E-state index in [1.807, 2.05) is 42.5 Å². The standard InChI is InChI=1S/C18H9FN2O/c19-16-11(10-20)7-8-13-12-4-3-5-14(17(12)22-18(13)16)15-6-1-2-9-21-15/h1-9H. The van der Waals surface area contributed by atoms with Gasteiger partial charge in [0.2, 0.25) is 0 Å². The molecule has 2 aromatic carbocycles. The highest BCUT2D eigenvalue weighted by atomic mass is 19.1. The van der Waals surface area contributed by atoms with Crippen molar-refractivity contribution in [2.45, 2.75) is 0 Å². The SMILES string of the molecule is N#Cc1ccc2c(oc3c(-c4ccccn4)cccc32)c1F. The number of nitrogens with zero attached hydrogens (tertiary/aromatic N) is 2. The van der Waals surface area contributed by atoms with Crippen molar-refractivity contribution in [3.8, 4) is 17.3 Å². The number of pyridine rings is 1. The lowest BCUT2D eigenvalue weighted by atomic mass is 10.1. The van der Waals surface area contributed by atoms with E-state index in [4.69, 9.17) is 9.68 Å². The van der Waals surface area contributed by atoms with Crippen LogP contribution in [0.5, 0.6) is 0 Å². The maximum Gasteiger partial charge on any atom is 0.184 e. The third-order valence-corrected chi connectivity index (χ3v) is 3.67. The first-order chi connectivity index (χ1) is 10.8. The number of para-hydroxylation sites is 1. The molecular formula is C18H9FN2O. The van der Waals surface area contributed by atoms with E-state index in [0.717, 1.165) is 16.6 Å². The maximum absolute atomic E-state index is 14.3. The number of rotatable bonds is 1. The van der Waals surface area contributed by atoms with Gasteiger partial charge in [-0.2, -0.15) is 5.26 Å². The number of halogens is 1. The van der Waals surface area contributed by atoms with Gasteiger partial charge in [-0.25, -0.2) is 4.39 Å². The summed E-state index contributed by atoms with van der Waals surface area (Å²) in [5, 5.41) is 10.4. The van der Waals surface area contributed by atoms with Crippen LogP contribution in [0.25, 0.3) is 33.2 Å². The van der Waals surface area contributed by atoms with E-state index in [1.54, 1.807) is 12.3 Å². The quantitative estimate of drug-likeness (QED) is 0.512. The van der Waals surface area contributed by atoms with Gasteiger partial charge >= 0.3 is 0 Å². The minimum Gasteiger partial charge on any atom is -0.452 e. The predicted molar refractivity (Wildman–Crippen MR) is 81.6 cm³/mol. The third-order valence-electron chi connectivity index (χ3n) is 3.67. The van der Waals surface area contributed by atoms with E-state index in [0.29, 0.717) is 11.0 Å². The molecule has 0 aliphatic heterocycles. The van der Waals surface area contributed by atoms with Gasteiger partial charge in [-0.15, -0.1) is 0 Å². The predicted octanol–water partition coefficient (Wildman–Crippen LogP) is 4.66. The highest BCUT2D eigenvalue weighted by Crippen LogP contribution is 2.36. The molecular weight excluding hydrogens is 279 g/mol. The number of hydrogen-bond donors (Lipinski definition) is 0. The van der Waals surface area contributed by atoms with Crippen molar-refractivity contribution in [2.75, 3.05) is 0 Å². The molecule has 0 saturated carbocycles. The molecule has 0 fully saturated rings. The first kappa shape index (κ1) is 12.5. The number of furan rings is 1. The van der Waals surface area contributed by atoms with E-state index in [1.165, 1.54) is 6.07 Å². The fourth-order valence-electron chi connectivity index (χ4n) is 2.64. The summed E-state index contributed by atoms with van der Waals surface area (Å²) >= 11 is 0. The van der Waals surface area contributed by atoms with E-state index in [9.17, 15) is 4.39 Å². The fourth-order valence-corrected chi connectivity index (χ4v) is 2.64. The van der Waals surface area contributed by atoms with Gasteiger partial charge in [0.25, 0.3) is 0 Å². The highest BCUT2D eigenvalue weighted by molar-refractivity contribution is 6.09. The van der Waals surface area contributed by atoms with Crippen molar-refractivity contribution in [2.24, 2.45) is 0 Å². The minimum atomic E-state index is -0.622. The highest BCUT2D eigenvalue weighted by Gasteiger charge is 2.17. The molecule has 0 amide bonds. The molecule has 3 nitrogen and oxygen atoms in total. The summed E-state index contributed by atoms with van der Waals surface area (Å²) in [6.45, 7) is 0. The van der Waals surface area contributed by atoms with Crippen LogP contribution in [0.15, 0.2) is 59.1 Å². The van der Waals surface area contributed by atoms with E-state index >= 15 is 0 Å². The van der Waals surface area contributed by atoms with Crippen LogP contribution in [-0.4, -0.2) is 4.98 Å². The zero-order chi connectivity index (χ0) is 15.1. The number of aromatic nitrogens is 1. The Balaban J connectivity index is 2.12. The Labute approximate surface area is 125 Å². The molecule has 0 atom stereocenters. The van der Waals surface area contributed by atoms with Gasteiger partial charge < -0.3 is 4.42 Å². The van der Waals surface area contributed by atoms with Crippen LogP contribution in [0.2, 0.25) is 0 Å². The zero-order valence-electron chi connectivity index (χ0n) is 11.4. The smallest absolute Gasteiger partial charge is 0.184 e. The largest absolute Gasteiger partial charge is 0.452 e. The monoisotopic (exact) mass is 288 g/mol.